The summed E-state index contributed by atoms with van der Waals surface area (Å²) < 4.78 is 12.1. The number of hydrogen-bond acceptors (Lipinski definition) is 5. The highest BCUT2D eigenvalue weighted by Gasteiger charge is 2.35. The van der Waals surface area contributed by atoms with Crippen molar-refractivity contribution in [2.24, 2.45) is 0 Å². The molecule has 0 spiro atoms. The largest absolute Gasteiger partial charge is 0.493 e. The third-order valence-corrected chi connectivity index (χ3v) is 6.65. The molecule has 3 aromatic rings. The van der Waals surface area contributed by atoms with Gasteiger partial charge in [0.1, 0.15) is 6.61 Å². The summed E-state index contributed by atoms with van der Waals surface area (Å²) in [6.07, 6.45) is 1.69. The lowest BCUT2D eigenvalue weighted by atomic mass is 10.1. The molecule has 33 heavy (non-hydrogen) atoms. The molecule has 168 valence electrons. The minimum atomic E-state index is -0.313. The van der Waals surface area contributed by atoms with Gasteiger partial charge < -0.3 is 9.47 Å². The van der Waals surface area contributed by atoms with Gasteiger partial charge in [-0.25, -0.2) is 0 Å². The Labute approximate surface area is 209 Å². The molecule has 1 fully saturated rings. The normalized spacial score (nSPS) is 14.8. The van der Waals surface area contributed by atoms with Crippen molar-refractivity contribution in [3.63, 3.8) is 0 Å². The molecule has 0 aromatic heterocycles. The smallest absolute Gasteiger partial charge is 0.293 e. The molecule has 0 N–H and O–H groups in total. The number of carbonyl (C=O) groups is 2. The second-order valence-electron chi connectivity index (χ2n) is 7.20. The predicted molar refractivity (Wildman–Crippen MR) is 134 cm³/mol. The number of imide groups is 1. The maximum absolute atomic E-state index is 12.9. The molecule has 1 aliphatic rings. The molecule has 4 rings (SSSR count). The summed E-state index contributed by atoms with van der Waals surface area (Å²) in [5.41, 5.74) is 2.57. The van der Waals surface area contributed by atoms with Crippen LogP contribution >= 0.6 is 39.3 Å². The molecular formula is C25H19BrClNO4S. The zero-order chi connectivity index (χ0) is 23.4. The fraction of sp³-hybridized carbons (Fsp3) is 0.120. The van der Waals surface area contributed by atoms with E-state index in [4.69, 9.17) is 21.1 Å². The monoisotopic (exact) mass is 543 g/mol. The highest BCUT2D eigenvalue weighted by atomic mass is 79.9. The number of amides is 2. The second kappa shape index (κ2) is 10.5. The van der Waals surface area contributed by atoms with Gasteiger partial charge in [-0.15, -0.1) is 0 Å². The number of halogens is 2. The number of hydrogen-bond donors (Lipinski definition) is 0. The molecule has 0 bridgehead atoms. The number of rotatable bonds is 7. The van der Waals surface area contributed by atoms with Crippen LogP contribution in [0.15, 0.2) is 76.1 Å². The molecule has 1 heterocycles. The second-order valence-corrected chi connectivity index (χ2v) is 9.49. The van der Waals surface area contributed by atoms with Crippen LogP contribution in [0, 0.1) is 0 Å². The average molecular weight is 545 g/mol. The van der Waals surface area contributed by atoms with Gasteiger partial charge in [0.25, 0.3) is 11.1 Å². The van der Waals surface area contributed by atoms with Gasteiger partial charge in [0.2, 0.25) is 0 Å². The van der Waals surface area contributed by atoms with Crippen LogP contribution in [-0.4, -0.2) is 23.2 Å². The summed E-state index contributed by atoms with van der Waals surface area (Å²) in [5, 5.41) is 0.374. The molecule has 3 aromatic carbocycles. The molecule has 0 radical (unpaired) electrons. The van der Waals surface area contributed by atoms with Crippen molar-refractivity contribution in [2.75, 3.05) is 7.11 Å². The molecule has 0 atom stereocenters. The lowest BCUT2D eigenvalue weighted by Gasteiger charge is -2.14. The average Bonchev–Trinajstić information content (AvgIpc) is 3.07. The Bertz CT molecular complexity index is 1220. The zero-order valence-electron chi connectivity index (χ0n) is 17.6. The maximum Gasteiger partial charge on any atom is 0.293 e. The highest BCUT2D eigenvalue weighted by molar-refractivity contribution is 9.10. The Morgan fingerprint density at radius 1 is 1.03 bits per heavy atom. The van der Waals surface area contributed by atoms with Crippen LogP contribution < -0.4 is 9.47 Å². The summed E-state index contributed by atoms with van der Waals surface area (Å²) in [5.74, 6) is 0.738. The van der Waals surface area contributed by atoms with Crippen LogP contribution in [0.5, 0.6) is 11.5 Å². The van der Waals surface area contributed by atoms with E-state index < -0.39 is 0 Å². The summed E-state index contributed by atoms with van der Waals surface area (Å²) in [6, 6.07) is 20.4. The van der Waals surface area contributed by atoms with Gasteiger partial charge >= 0.3 is 0 Å². The molecule has 1 aliphatic heterocycles. The van der Waals surface area contributed by atoms with Crippen molar-refractivity contribution < 1.29 is 19.1 Å². The Balaban J connectivity index is 1.53. The van der Waals surface area contributed by atoms with Gasteiger partial charge in [-0.05, 0) is 74.7 Å². The van der Waals surface area contributed by atoms with Crippen LogP contribution in [0.1, 0.15) is 16.7 Å². The summed E-state index contributed by atoms with van der Waals surface area (Å²) in [6.45, 7) is 0.581. The molecular weight excluding hydrogens is 526 g/mol. The SMILES string of the molecule is COc1cc(/C=C2/SC(=O)N(Cc3ccccc3)C2=O)cc(Br)c1OCc1ccc(Cl)cc1. The molecule has 0 saturated carbocycles. The number of carbonyl (C=O) groups excluding carboxylic acids is 2. The molecule has 0 unspecified atom stereocenters. The Morgan fingerprint density at radius 3 is 2.45 bits per heavy atom. The lowest BCUT2D eigenvalue weighted by molar-refractivity contribution is -0.123. The standard InChI is InChI=1S/C25H19BrClNO4S/c1-31-21-12-18(11-20(26)23(21)32-15-17-7-9-19(27)10-8-17)13-22-24(29)28(25(30)33-22)14-16-5-3-2-4-6-16/h2-13H,14-15H2,1H3/b22-13+. The number of benzene rings is 3. The first-order valence-corrected chi connectivity index (χ1v) is 12.0. The van der Waals surface area contributed by atoms with Crippen molar-refractivity contribution in [3.8, 4) is 11.5 Å². The molecule has 2 amide bonds. The van der Waals surface area contributed by atoms with Crippen molar-refractivity contribution >= 4 is 56.5 Å². The Hall–Kier alpha value is -2.74. The van der Waals surface area contributed by atoms with Gasteiger partial charge in [-0.2, -0.15) is 0 Å². The third kappa shape index (κ3) is 5.61. The van der Waals surface area contributed by atoms with Crippen LogP contribution in [0.3, 0.4) is 0 Å². The fourth-order valence-electron chi connectivity index (χ4n) is 3.25. The van der Waals surface area contributed by atoms with E-state index in [0.29, 0.717) is 38.1 Å². The minimum Gasteiger partial charge on any atom is -0.493 e. The Kier molecular flexibility index (Phi) is 7.42. The van der Waals surface area contributed by atoms with E-state index in [1.807, 2.05) is 48.5 Å². The summed E-state index contributed by atoms with van der Waals surface area (Å²) in [7, 11) is 1.55. The van der Waals surface area contributed by atoms with E-state index in [-0.39, 0.29) is 17.7 Å². The van der Waals surface area contributed by atoms with Crippen molar-refractivity contribution in [2.45, 2.75) is 13.2 Å². The van der Waals surface area contributed by atoms with Crippen LogP contribution in [0.2, 0.25) is 5.02 Å². The Morgan fingerprint density at radius 2 is 1.76 bits per heavy atom. The van der Waals surface area contributed by atoms with Crippen LogP contribution in [0.4, 0.5) is 4.79 Å². The molecule has 1 saturated heterocycles. The number of methoxy groups -OCH3 is 1. The van der Waals surface area contributed by atoms with Gasteiger partial charge in [0, 0.05) is 5.02 Å². The molecule has 5 nitrogen and oxygen atoms in total. The minimum absolute atomic E-state index is 0.243. The van der Waals surface area contributed by atoms with E-state index in [9.17, 15) is 9.59 Å². The predicted octanol–water partition coefficient (Wildman–Crippen LogP) is 6.93. The van der Waals surface area contributed by atoms with E-state index >= 15 is 0 Å². The number of nitrogens with zero attached hydrogens (tertiary/aromatic N) is 1. The quantitative estimate of drug-likeness (QED) is 0.302. The number of ether oxygens (including phenoxy) is 2. The van der Waals surface area contributed by atoms with E-state index in [1.54, 1.807) is 31.4 Å². The highest BCUT2D eigenvalue weighted by Crippen LogP contribution is 2.39. The topological polar surface area (TPSA) is 55.8 Å². The molecule has 8 heteroatoms. The van der Waals surface area contributed by atoms with Crippen LogP contribution in [-0.2, 0) is 17.9 Å². The first kappa shape index (κ1) is 23.4. The first-order valence-electron chi connectivity index (χ1n) is 9.98. The molecule has 0 aliphatic carbocycles. The lowest BCUT2D eigenvalue weighted by Crippen LogP contribution is -2.27. The van der Waals surface area contributed by atoms with E-state index in [2.05, 4.69) is 15.9 Å². The van der Waals surface area contributed by atoms with Crippen molar-refractivity contribution in [3.05, 3.63) is 97.8 Å². The fourth-order valence-corrected chi connectivity index (χ4v) is 4.79. The van der Waals surface area contributed by atoms with Gasteiger partial charge in [0.15, 0.2) is 11.5 Å². The van der Waals surface area contributed by atoms with Gasteiger partial charge in [0.05, 0.1) is 23.0 Å². The first-order chi connectivity index (χ1) is 15.9. The van der Waals surface area contributed by atoms with Gasteiger partial charge in [-0.1, -0.05) is 54.1 Å². The summed E-state index contributed by atoms with van der Waals surface area (Å²) >= 11 is 10.4. The van der Waals surface area contributed by atoms with Crippen molar-refractivity contribution in [1.29, 1.82) is 0 Å². The van der Waals surface area contributed by atoms with Gasteiger partial charge in [-0.3, -0.25) is 14.5 Å². The van der Waals surface area contributed by atoms with Crippen molar-refractivity contribution in [1.82, 2.24) is 4.90 Å². The maximum atomic E-state index is 12.9. The number of thioether (sulfide) groups is 1. The van der Waals surface area contributed by atoms with E-state index in [0.717, 1.165) is 22.9 Å². The van der Waals surface area contributed by atoms with Crippen LogP contribution in [0.25, 0.3) is 6.08 Å². The zero-order valence-corrected chi connectivity index (χ0v) is 20.7. The summed E-state index contributed by atoms with van der Waals surface area (Å²) in [4.78, 5) is 26.9. The third-order valence-electron chi connectivity index (χ3n) is 4.90. The van der Waals surface area contributed by atoms with E-state index in [1.165, 1.54) is 4.90 Å².